The van der Waals surface area contributed by atoms with Gasteiger partial charge in [-0.15, -0.1) is 11.8 Å². The first-order chi connectivity index (χ1) is 7.27. The van der Waals surface area contributed by atoms with E-state index in [0.717, 1.165) is 18.2 Å². The monoisotopic (exact) mass is 225 g/mol. The lowest BCUT2D eigenvalue weighted by atomic mass is 10.1. The maximum Gasteiger partial charge on any atom is 0.227 e. The molecule has 1 amide bonds. The first-order valence-corrected chi connectivity index (χ1v) is 6.02. The second-order valence-corrected chi connectivity index (χ2v) is 4.54. The molecule has 4 heteroatoms. The summed E-state index contributed by atoms with van der Waals surface area (Å²) < 4.78 is 13.3. The number of amides is 1. The van der Waals surface area contributed by atoms with E-state index < -0.39 is 0 Å². The van der Waals surface area contributed by atoms with Crippen molar-refractivity contribution in [1.82, 2.24) is 4.90 Å². The SMILES string of the molecule is O=C(Cc1ccccc1F)N1CCSC1. The first kappa shape index (κ1) is 10.5. The molecule has 1 aromatic rings. The summed E-state index contributed by atoms with van der Waals surface area (Å²) in [5.74, 6) is 1.46. The zero-order valence-electron chi connectivity index (χ0n) is 8.28. The lowest BCUT2D eigenvalue weighted by molar-refractivity contribution is -0.129. The van der Waals surface area contributed by atoms with Crippen LogP contribution in [-0.4, -0.2) is 29.0 Å². The van der Waals surface area contributed by atoms with Crippen LogP contribution in [-0.2, 0) is 11.2 Å². The zero-order chi connectivity index (χ0) is 10.7. The third-order valence-electron chi connectivity index (χ3n) is 2.40. The molecule has 1 aliphatic heterocycles. The Bertz CT molecular complexity index is 363. The molecule has 0 aliphatic carbocycles. The Morgan fingerprint density at radius 3 is 2.93 bits per heavy atom. The van der Waals surface area contributed by atoms with Gasteiger partial charge in [0.15, 0.2) is 0 Å². The normalized spacial score (nSPS) is 15.7. The number of thioether (sulfide) groups is 1. The van der Waals surface area contributed by atoms with Crippen LogP contribution >= 0.6 is 11.8 Å². The van der Waals surface area contributed by atoms with Gasteiger partial charge >= 0.3 is 0 Å². The summed E-state index contributed by atoms with van der Waals surface area (Å²) in [6.07, 6.45) is 0.174. The van der Waals surface area contributed by atoms with Crippen LogP contribution in [0.1, 0.15) is 5.56 Å². The fourth-order valence-corrected chi connectivity index (χ4v) is 2.50. The highest BCUT2D eigenvalue weighted by Gasteiger charge is 2.19. The van der Waals surface area contributed by atoms with E-state index in [-0.39, 0.29) is 18.1 Å². The van der Waals surface area contributed by atoms with Crippen molar-refractivity contribution in [1.29, 1.82) is 0 Å². The van der Waals surface area contributed by atoms with Gasteiger partial charge in [0.25, 0.3) is 0 Å². The van der Waals surface area contributed by atoms with Crippen molar-refractivity contribution in [2.75, 3.05) is 18.2 Å². The second kappa shape index (κ2) is 4.66. The van der Waals surface area contributed by atoms with Crippen LogP contribution in [0, 0.1) is 5.82 Å². The van der Waals surface area contributed by atoms with Gasteiger partial charge < -0.3 is 4.90 Å². The van der Waals surface area contributed by atoms with Crippen molar-refractivity contribution < 1.29 is 9.18 Å². The number of hydrogen-bond acceptors (Lipinski definition) is 2. The summed E-state index contributed by atoms with van der Waals surface area (Å²) in [5.41, 5.74) is 0.486. The van der Waals surface area contributed by atoms with Crippen LogP contribution in [0.2, 0.25) is 0 Å². The standard InChI is InChI=1S/C11H12FNOS/c12-10-4-2-1-3-9(10)7-11(14)13-5-6-15-8-13/h1-4H,5-8H2. The molecule has 0 spiro atoms. The Balaban J connectivity index is 2.02. The minimum atomic E-state index is -0.294. The molecular weight excluding hydrogens is 213 g/mol. The van der Waals surface area contributed by atoms with Crippen LogP contribution < -0.4 is 0 Å². The van der Waals surface area contributed by atoms with Crippen LogP contribution in [0.15, 0.2) is 24.3 Å². The molecule has 1 fully saturated rings. The third-order valence-corrected chi connectivity index (χ3v) is 3.37. The highest BCUT2D eigenvalue weighted by atomic mass is 32.2. The maximum atomic E-state index is 13.3. The highest BCUT2D eigenvalue weighted by Crippen LogP contribution is 2.15. The number of nitrogens with zero attached hydrogens (tertiary/aromatic N) is 1. The van der Waals surface area contributed by atoms with Crippen molar-refractivity contribution in [3.8, 4) is 0 Å². The predicted octanol–water partition coefficient (Wildman–Crippen LogP) is 1.90. The predicted molar refractivity (Wildman–Crippen MR) is 59.1 cm³/mol. The molecule has 0 radical (unpaired) electrons. The van der Waals surface area contributed by atoms with Crippen molar-refractivity contribution in [3.05, 3.63) is 35.6 Å². The molecule has 1 aliphatic rings. The summed E-state index contributed by atoms with van der Waals surface area (Å²) >= 11 is 1.74. The van der Waals surface area contributed by atoms with E-state index in [2.05, 4.69) is 0 Å². The molecule has 2 rings (SSSR count). The minimum Gasteiger partial charge on any atom is -0.332 e. The average Bonchev–Trinajstić information content (AvgIpc) is 2.74. The van der Waals surface area contributed by atoms with E-state index in [1.54, 1.807) is 34.9 Å². The van der Waals surface area contributed by atoms with Crippen molar-refractivity contribution in [2.24, 2.45) is 0 Å². The van der Waals surface area contributed by atoms with Gasteiger partial charge in [-0.05, 0) is 11.6 Å². The van der Waals surface area contributed by atoms with Crippen molar-refractivity contribution in [3.63, 3.8) is 0 Å². The molecule has 1 aromatic carbocycles. The Labute approximate surface area is 92.5 Å². The molecule has 15 heavy (non-hydrogen) atoms. The molecule has 1 heterocycles. The Kier molecular flexibility index (Phi) is 3.26. The molecule has 0 N–H and O–H groups in total. The third kappa shape index (κ3) is 2.50. The highest BCUT2D eigenvalue weighted by molar-refractivity contribution is 7.99. The van der Waals surface area contributed by atoms with Crippen molar-refractivity contribution in [2.45, 2.75) is 6.42 Å². The summed E-state index contributed by atoms with van der Waals surface area (Å²) in [6, 6.07) is 6.44. The number of benzene rings is 1. The molecule has 1 saturated heterocycles. The van der Waals surface area contributed by atoms with Gasteiger partial charge in [0, 0.05) is 12.3 Å². The van der Waals surface area contributed by atoms with E-state index in [0.29, 0.717) is 5.56 Å². The molecule has 0 saturated carbocycles. The number of rotatable bonds is 2. The minimum absolute atomic E-state index is 0.0186. The maximum absolute atomic E-state index is 13.3. The van der Waals surface area contributed by atoms with Gasteiger partial charge in [-0.1, -0.05) is 18.2 Å². The van der Waals surface area contributed by atoms with Crippen LogP contribution in [0.5, 0.6) is 0 Å². The van der Waals surface area contributed by atoms with Gasteiger partial charge in [-0.2, -0.15) is 0 Å². The van der Waals surface area contributed by atoms with E-state index in [9.17, 15) is 9.18 Å². The van der Waals surface area contributed by atoms with Gasteiger partial charge in [0.05, 0.1) is 12.3 Å². The van der Waals surface area contributed by atoms with Crippen LogP contribution in [0.4, 0.5) is 4.39 Å². The summed E-state index contributed by atoms with van der Waals surface area (Å²) in [4.78, 5) is 13.5. The molecule has 0 atom stereocenters. The van der Waals surface area contributed by atoms with E-state index in [1.165, 1.54) is 6.07 Å². The largest absolute Gasteiger partial charge is 0.332 e. The summed E-state index contributed by atoms with van der Waals surface area (Å²) in [7, 11) is 0. The molecule has 2 nitrogen and oxygen atoms in total. The fourth-order valence-electron chi connectivity index (χ4n) is 1.53. The van der Waals surface area contributed by atoms with E-state index in [1.807, 2.05) is 0 Å². The molecule has 80 valence electrons. The fraction of sp³-hybridized carbons (Fsp3) is 0.364. The second-order valence-electron chi connectivity index (χ2n) is 3.46. The molecule has 0 unspecified atom stereocenters. The Hall–Kier alpha value is -1.03. The Morgan fingerprint density at radius 1 is 1.47 bits per heavy atom. The smallest absolute Gasteiger partial charge is 0.227 e. The lowest BCUT2D eigenvalue weighted by Gasteiger charge is -2.14. The summed E-state index contributed by atoms with van der Waals surface area (Å²) in [5, 5.41) is 0. The van der Waals surface area contributed by atoms with Gasteiger partial charge in [-0.25, -0.2) is 4.39 Å². The number of carbonyl (C=O) groups excluding carboxylic acids is 1. The van der Waals surface area contributed by atoms with E-state index >= 15 is 0 Å². The van der Waals surface area contributed by atoms with Gasteiger partial charge in [0.1, 0.15) is 5.82 Å². The zero-order valence-corrected chi connectivity index (χ0v) is 9.10. The summed E-state index contributed by atoms with van der Waals surface area (Å²) in [6.45, 7) is 0.790. The number of carbonyl (C=O) groups is 1. The number of halogens is 1. The van der Waals surface area contributed by atoms with Crippen LogP contribution in [0.25, 0.3) is 0 Å². The topological polar surface area (TPSA) is 20.3 Å². The van der Waals surface area contributed by atoms with Gasteiger partial charge in [-0.3, -0.25) is 4.79 Å². The lowest BCUT2D eigenvalue weighted by Crippen LogP contribution is -2.29. The molecular formula is C11H12FNOS. The first-order valence-electron chi connectivity index (χ1n) is 4.86. The van der Waals surface area contributed by atoms with Crippen molar-refractivity contribution >= 4 is 17.7 Å². The molecule has 0 aromatic heterocycles. The molecule has 0 bridgehead atoms. The average molecular weight is 225 g/mol. The van der Waals surface area contributed by atoms with Crippen LogP contribution in [0.3, 0.4) is 0 Å². The quantitative estimate of drug-likeness (QED) is 0.766. The Morgan fingerprint density at radius 2 is 2.27 bits per heavy atom. The number of hydrogen-bond donors (Lipinski definition) is 0. The van der Waals surface area contributed by atoms with Gasteiger partial charge in [0.2, 0.25) is 5.91 Å². The van der Waals surface area contributed by atoms with E-state index in [4.69, 9.17) is 0 Å².